The molecule has 4 N–H and O–H groups in total. The van der Waals surface area contributed by atoms with Crippen LogP contribution in [0.3, 0.4) is 0 Å². The molecule has 2 aromatic rings. The van der Waals surface area contributed by atoms with Gasteiger partial charge in [-0.1, -0.05) is 0 Å². The van der Waals surface area contributed by atoms with Crippen LogP contribution in [0.1, 0.15) is 12.6 Å². The van der Waals surface area contributed by atoms with Crippen molar-refractivity contribution in [1.82, 2.24) is 19.5 Å². The standard InChI is InChI=1S/C10H12N5O6P/c11-8-7-9(14-10(16)13-8)15(3-12-7)6-1-4-5(20-6)2-19-22(17,18)21-4/h3-6H,1-2H2,(H,17,18)(H3,11,13,14,16)/t4-,5+,6-/m0/s1. The highest BCUT2D eigenvalue weighted by Gasteiger charge is 2.46. The largest absolute Gasteiger partial charge is 0.472 e. The Balaban J connectivity index is 1.69. The molecule has 2 aromatic heterocycles. The zero-order chi connectivity index (χ0) is 15.5. The van der Waals surface area contributed by atoms with Crippen molar-refractivity contribution in [3.05, 3.63) is 16.8 Å². The predicted molar refractivity (Wildman–Crippen MR) is 71.7 cm³/mol. The summed E-state index contributed by atoms with van der Waals surface area (Å²) in [5.74, 6) is 0.114. The Labute approximate surface area is 122 Å². The number of imidazole rings is 1. The maximum Gasteiger partial charge on any atom is 0.472 e. The molecular formula is C10H12N5O6P. The van der Waals surface area contributed by atoms with Gasteiger partial charge in [-0.3, -0.25) is 18.6 Å². The minimum atomic E-state index is -4.02. The highest BCUT2D eigenvalue weighted by molar-refractivity contribution is 7.47. The number of rotatable bonds is 1. The third-order valence-corrected chi connectivity index (χ3v) is 4.65. The maximum atomic E-state index is 11.5. The van der Waals surface area contributed by atoms with Crippen molar-refractivity contribution in [2.75, 3.05) is 12.3 Å². The van der Waals surface area contributed by atoms with Crippen molar-refractivity contribution >= 4 is 24.8 Å². The van der Waals surface area contributed by atoms with Gasteiger partial charge in [0, 0.05) is 6.42 Å². The SMILES string of the molecule is Nc1[nH]c(=O)nc2c1ncn2[C@@H]1C[C@@H]2OP(=O)(O)OC[C@H]2O1. The molecule has 0 aliphatic carbocycles. The molecule has 0 aromatic carbocycles. The molecule has 4 heterocycles. The molecule has 0 saturated carbocycles. The van der Waals surface area contributed by atoms with E-state index in [2.05, 4.69) is 15.0 Å². The number of nitrogens with zero attached hydrogens (tertiary/aromatic N) is 3. The second-order valence-corrected chi connectivity index (χ2v) is 6.46. The average Bonchev–Trinajstić information content (AvgIpc) is 3.00. The highest BCUT2D eigenvalue weighted by atomic mass is 31.2. The fraction of sp³-hybridized carbons (Fsp3) is 0.500. The van der Waals surface area contributed by atoms with Gasteiger partial charge in [-0.05, 0) is 0 Å². The van der Waals surface area contributed by atoms with E-state index in [4.69, 9.17) is 19.5 Å². The van der Waals surface area contributed by atoms with Crippen LogP contribution in [0, 0.1) is 0 Å². The van der Waals surface area contributed by atoms with Crippen LogP contribution in [0.15, 0.2) is 11.1 Å². The Morgan fingerprint density at radius 1 is 1.50 bits per heavy atom. The summed E-state index contributed by atoms with van der Waals surface area (Å²) in [5.41, 5.74) is 5.72. The number of hydrogen-bond acceptors (Lipinski definition) is 8. The Morgan fingerprint density at radius 3 is 3.14 bits per heavy atom. The van der Waals surface area contributed by atoms with Gasteiger partial charge in [0.15, 0.2) is 5.65 Å². The van der Waals surface area contributed by atoms with Gasteiger partial charge in [0.2, 0.25) is 0 Å². The number of phosphoric ester groups is 1. The van der Waals surface area contributed by atoms with E-state index < -0.39 is 31.9 Å². The van der Waals surface area contributed by atoms with Crippen LogP contribution in [0.4, 0.5) is 5.82 Å². The molecule has 2 saturated heterocycles. The van der Waals surface area contributed by atoms with Crippen LogP contribution in [0.25, 0.3) is 11.2 Å². The summed E-state index contributed by atoms with van der Waals surface area (Å²) in [7, 11) is -4.02. The summed E-state index contributed by atoms with van der Waals surface area (Å²) in [6, 6.07) is 0. The Morgan fingerprint density at radius 2 is 2.32 bits per heavy atom. The molecule has 2 aliphatic heterocycles. The quantitative estimate of drug-likeness (QED) is 0.587. The molecule has 0 radical (unpaired) electrons. The van der Waals surface area contributed by atoms with Gasteiger partial charge < -0.3 is 15.4 Å². The van der Waals surface area contributed by atoms with Crippen LogP contribution in [-0.2, 0) is 18.3 Å². The average molecular weight is 329 g/mol. The monoisotopic (exact) mass is 329 g/mol. The van der Waals surface area contributed by atoms with E-state index in [1.54, 1.807) is 4.57 Å². The number of phosphoric acid groups is 1. The van der Waals surface area contributed by atoms with Crippen LogP contribution >= 0.6 is 7.82 Å². The van der Waals surface area contributed by atoms with Gasteiger partial charge >= 0.3 is 13.5 Å². The van der Waals surface area contributed by atoms with E-state index in [9.17, 15) is 14.3 Å². The van der Waals surface area contributed by atoms with Crippen molar-refractivity contribution in [2.45, 2.75) is 24.9 Å². The van der Waals surface area contributed by atoms with Crippen LogP contribution in [-0.4, -0.2) is 43.2 Å². The smallest absolute Gasteiger partial charge is 0.383 e. The Hall–Kier alpha value is -1.78. The summed E-state index contributed by atoms with van der Waals surface area (Å²) < 4.78 is 28.4. The summed E-state index contributed by atoms with van der Waals surface area (Å²) in [5, 5.41) is 0. The maximum absolute atomic E-state index is 11.5. The molecule has 1 unspecified atom stereocenters. The van der Waals surface area contributed by atoms with Crippen molar-refractivity contribution < 1.29 is 23.2 Å². The molecule has 12 heteroatoms. The molecule has 4 atom stereocenters. The van der Waals surface area contributed by atoms with Gasteiger partial charge in [-0.2, -0.15) is 4.98 Å². The number of H-pyrrole nitrogens is 1. The summed E-state index contributed by atoms with van der Waals surface area (Å²) in [6.07, 6.45) is 0.152. The minimum Gasteiger partial charge on any atom is -0.383 e. The topological polar surface area (TPSA) is 155 Å². The lowest BCUT2D eigenvalue weighted by Gasteiger charge is -2.26. The lowest BCUT2D eigenvalue weighted by atomic mass is 10.2. The molecular weight excluding hydrogens is 317 g/mol. The molecule has 0 spiro atoms. The number of nitrogens with two attached hydrogens (primary N) is 1. The van der Waals surface area contributed by atoms with E-state index in [0.29, 0.717) is 11.9 Å². The summed E-state index contributed by atoms with van der Waals surface area (Å²) in [4.78, 5) is 31.1. The molecule has 4 rings (SSSR count). The first-order valence-corrected chi connectivity index (χ1v) is 7.96. The van der Waals surface area contributed by atoms with E-state index >= 15 is 0 Å². The van der Waals surface area contributed by atoms with Gasteiger partial charge in [0.25, 0.3) is 0 Å². The number of aromatic nitrogens is 4. The highest BCUT2D eigenvalue weighted by Crippen LogP contribution is 2.52. The van der Waals surface area contributed by atoms with E-state index in [1.807, 2.05) is 0 Å². The molecule has 2 fully saturated rings. The van der Waals surface area contributed by atoms with Crippen molar-refractivity contribution in [2.24, 2.45) is 0 Å². The second-order valence-electron chi connectivity index (χ2n) is 5.05. The van der Waals surface area contributed by atoms with Crippen LogP contribution < -0.4 is 11.4 Å². The number of fused-ring (bicyclic) bond motifs is 2. The van der Waals surface area contributed by atoms with Crippen molar-refractivity contribution in [3.63, 3.8) is 0 Å². The first-order chi connectivity index (χ1) is 10.4. The third kappa shape index (κ3) is 2.14. The van der Waals surface area contributed by atoms with Crippen molar-refractivity contribution in [1.29, 1.82) is 0 Å². The zero-order valence-corrected chi connectivity index (χ0v) is 12.0. The first kappa shape index (κ1) is 13.9. The predicted octanol–water partition coefficient (Wildman–Crippen LogP) is -0.495. The molecule has 0 bridgehead atoms. The number of nitrogens with one attached hydrogen (secondary N) is 1. The number of ether oxygens (including phenoxy) is 1. The van der Waals surface area contributed by atoms with E-state index in [0.717, 1.165) is 0 Å². The van der Waals surface area contributed by atoms with E-state index in [-0.39, 0.29) is 18.1 Å². The molecule has 118 valence electrons. The lowest BCUT2D eigenvalue weighted by Crippen LogP contribution is -2.32. The van der Waals surface area contributed by atoms with Crippen molar-refractivity contribution in [3.8, 4) is 0 Å². The normalized spacial score (nSPS) is 34.9. The number of aromatic amines is 1. The summed E-state index contributed by atoms with van der Waals surface area (Å²) >= 11 is 0. The van der Waals surface area contributed by atoms with Gasteiger partial charge in [-0.25, -0.2) is 14.3 Å². The van der Waals surface area contributed by atoms with Gasteiger partial charge in [0.05, 0.1) is 12.9 Å². The summed E-state index contributed by atoms with van der Waals surface area (Å²) in [6.45, 7) is -0.0439. The third-order valence-electron chi connectivity index (χ3n) is 3.63. The van der Waals surface area contributed by atoms with Gasteiger partial charge in [0.1, 0.15) is 29.8 Å². The molecule has 22 heavy (non-hydrogen) atoms. The fourth-order valence-corrected chi connectivity index (χ4v) is 3.63. The molecule has 0 amide bonds. The number of anilines is 1. The van der Waals surface area contributed by atoms with E-state index in [1.165, 1.54) is 6.33 Å². The Kier molecular flexibility index (Phi) is 2.90. The van der Waals surface area contributed by atoms with Gasteiger partial charge in [-0.15, -0.1) is 0 Å². The zero-order valence-electron chi connectivity index (χ0n) is 11.1. The van der Waals surface area contributed by atoms with Crippen LogP contribution in [0.2, 0.25) is 0 Å². The molecule has 2 aliphatic rings. The Bertz CT molecular complexity index is 848. The second kappa shape index (κ2) is 4.61. The first-order valence-electron chi connectivity index (χ1n) is 6.46. The lowest BCUT2D eigenvalue weighted by molar-refractivity contribution is -0.0662. The minimum absolute atomic E-state index is 0.0439. The number of hydrogen-bond donors (Lipinski definition) is 3. The molecule has 11 nitrogen and oxygen atoms in total. The fourth-order valence-electron chi connectivity index (χ4n) is 2.67. The number of nitrogen functional groups attached to an aromatic ring is 1. The van der Waals surface area contributed by atoms with Crippen LogP contribution in [0.5, 0.6) is 0 Å².